The van der Waals surface area contributed by atoms with E-state index in [1.54, 1.807) is 36.7 Å². The normalized spacial score (nSPS) is 12.6. The van der Waals surface area contributed by atoms with Gasteiger partial charge in [-0.3, -0.25) is 48.6 Å². The van der Waals surface area contributed by atoms with Gasteiger partial charge in [-0.15, -0.1) is 24.8 Å². The van der Waals surface area contributed by atoms with Crippen LogP contribution in [0.25, 0.3) is 89.9 Å². The van der Waals surface area contributed by atoms with Gasteiger partial charge in [0.1, 0.15) is 11.0 Å². The quantitative estimate of drug-likeness (QED) is 0.127. The highest BCUT2D eigenvalue weighted by Gasteiger charge is 2.32. The van der Waals surface area contributed by atoms with Crippen molar-refractivity contribution in [2.75, 3.05) is 0 Å². The molecule has 0 amide bonds. The number of alkyl halides is 6. The molecule has 8 heterocycles. The van der Waals surface area contributed by atoms with Crippen LogP contribution in [-0.2, 0) is 25.2 Å². The molecule has 0 atom stereocenters. The van der Waals surface area contributed by atoms with Crippen molar-refractivity contribution in [2.45, 2.75) is 25.2 Å². The summed E-state index contributed by atoms with van der Waals surface area (Å²) in [6, 6.07) is 19.4. The summed E-state index contributed by atoms with van der Waals surface area (Å²) in [4.78, 5) is 82.2. The average Bonchev–Trinajstić information content (AvgIpc) is 4.03. The molecule has 360 valence electrons. The highest BCUT2D eigenvalue weighted by molar-refractivity contribution is 6.03. The number of halogens is 8. The van der Waals surface area contributed by atoms with Crippen LogP contribution in [-0.4, -0.2) is 49.0 Å². The zero-order valence-electron chi connectivity index (χ0n) is 36.4. The van der Waals surface area contributed by atoms with Crippen LogP contribution < -0.4 is 22.5 Å². The van der Waals surface area contributed by atoms with E-state index < -0.39 is 46.0 Å². The number of pyridine rings is 6. The van der Waals surface area contributed by atoms with Gasteiger partial charge in [-0.1, -0.05) is 36.4 Å². The van der Waals surface area contributed by atoms with E-state index in [1.807, 2.05) is 36.4 Å². The molecule has 0 saturated heterocycles. The summed E-state index contributed by atoms with van der Waals surface area (Å²) in [7, 11) is 0. The summed E-state index contributed by atoms with van der Waals surface area (Å²) in [6.07, 6.45) is 6.16. The molecule has 14 nitrogen and oxygen atoms in total. The molecule has 2 aliphatic rings. The number of allylic oxidation sites excluding steroid dienone is 2. The van der Waals surface area contributed by atoms with Gasteiger partial charge in [0, 0.05) is 48.8 Å². The van der Waals surface area contributed by atoms with Gasteiger partial charge in [0.05, 0.1) is 78.1 Å². The molecule has 72 heavy (non-hydrogen) atoms. The van der Waals surface area contributed by atoms with Crippen molar-refractivity contribution < 1.29 is 26.3 Å². The molecule has 0 fully saturated rings. The molecule has 8 aromatic heterocycles. The Morgan fingerprint density at radius 1 is 0.500 bits per heavy atom. The second-order valence-electron chi connectivity index (χ2n) is 16.2. The SMILES string of the molecule is Cl.Cl.O=c1[nH]c(=O)n(-c2cccc(C(F)(F)F)c2)c2c1cnc1ccc(-c3cnc4c(c3)C=CC4)nc12.O=c1[nH]c(=O)n(-c2cccc(C(F)(F)F)c2)c2c1cnc1ccc(-c3cnc4c(c3)C=CC4)nc12. The third-order valence-electron chi connectivity index (χ3n) is 11.8. The van der Waals surface area contributed by atoms with E-state index in [-0.39, 0.29) is 69.0 Å². The van der Waals surface area contributed by atoms with Crippen LogP contribution >= 0.6 is 24.8 Å². The highest BCUT2D eigenvalue weighted by atomic mass is 35.5. The molecule has 0 saturated carbocycles. The van der Waals surface area contributed by atoms with Gasteiger partial charge in [0.15, 0.2) is 0 Å². The van der Waals surface area contributed by atoms with E-state index in [4.69, 9.17) is 0 Å². The maximum atomic E-state index is 13.4. The van der Waals surface area contributed by atoms with E-state index >= 15 is 0 Å². The fourth-order valence-corrected chi connectivity index (χ4v) is 8.52. The first-order valence-corrected chi connectivity index (χ1v) is 21.2. The van der Waals surface area contributed by atoms with Crippen LogP contribution in [0.1, 0.15) is 33.6 Å². The minimum absolute atomic E-state index is 0. The number of aromatic nitrogens is 10. The van der Waals surface area contributed by atoms with Gasteiger partial charge in [-0.2, -0.15) is 26.3 Å². The zero-order valence-corrected chi connectivity index (χ0v) is 38.0. The number of nitrogens with zero attached hydrogens (tertiary/aromatic N) is 8. The lowest BCUT2D eigenvalue weighted by atomic mass is 10.1. The van der Waals surface area contributed by atoms with Crippen LogP contribution in [0.5, 0.6) is 0 Å². The van der Waals surface area contributed by atoms with Crippen molar-refractivity contribution in [3.8, 4) is 33.9 Å². The number of hydrogen-bond donors (Lipinski definition) is 2. The Balaban J connectivity index is 0.000000173. The molecule has 0 unspecified atom stereocenters. The van der Waals surface area contributed by atoms with E-state index in [9.17, 15) is 45.5 Å². The number of benzene rings is 2. The van der Waals surface area contributed by atoms with Crippen LogP contribution in [0.2, 0.25) is 0 Å². The van der Waals surface area contributed by atoms with Crippen molar-refractivity contribution >= 4 is 80.8 Å². The second-order valence-corrected chi connectivity index (χ2v) is 16.2. The van der Waals surface area contributed by atoms with Crippen LogP contribution in [0.3, 0.4) is 0 Å². The Morgan fingerprint density at radius 2 is 0.917 bits per heavy atom. The number of nitrogens with one attached hydrogen (secondary N) is 2. The van der Waals surface area contributed by atoms with Gasteiger partial charge >= 0.3 is 23.7 Å². The molecule has 10 aromatic rings. The van der Waals surface area contributed by atoms with E-state index in [0.29, 0.717) is 33.5 Å². The Hall–Kier alpha value is -8.62. The number of hydrogen-bond acceptors (Lipinski definition) is 10. The maximum Gasteiger partial charge on any atom is 0.416 e. The van der Waals surface area contributed by atoms with Crippen molar-refractivity contribution in [2.24, 2.45) is 0 Å². The molecule has 22 heteroatoms. The molecule has 0 radical (unpaired) electrons. The number of aromatic amines is 2. The lowest BCUT2D eigenvalue weighted by molar-refractivity contribution is -0.138. The first kappa shape index (κ1) is 48.4. The summed E-state index contributed by atoms with van der Waals surface area (Å²) in [6.45, 7) is 0. The first-order chi connectivity index (χ1) is 33.6. The maximum absolute atomic E-state index is 13.4. The standard InChI is InChI=1S/2C25H14F3N5O2.2ClH/c2*26-25(27,28)15-4-2-5-16(10-15)33-22-17(23(34)32-24(33)35)12-30-20-8-7-19(31-21(20)22)14-9-13-3-1-6-18(13)29-11-14;;/h2*1-5,7-12H,6H2,(H,32,34,35);2*1H. The minimum Gasteiger partial charge on any atom is -0.273 e. The van der Waals surface area contributed by atoms with Crippen LogP contribution in [0.15, 0.2) is 141 Å². The van der Waals surface area contributed by atoms with Gasteiger partial charge in [0.2, 0.25) is 0 Å². The van der Waals surface area contributed by atoms with E-state index in [1.165, 1.54) is 36.7 Å². The lowest BCUT2D eigenvalue weighted by Crippen LogP contribution is -2.29. The molecule has 12 rings (SSSR count). The third kappa shape index (κ3) is 8.59. The third-order valence-corrected chi connectivity index (χ3v) is 11.8. The number of fused-ring (bicyclic) bond motifs is 8. The van der Waals surface area contributed by atoms with Gasteiger partial charge in [-0.25, -0.2) is 19.6 Å². The van der Waals surface area contributed by atoms with Crippen molar-refractivity contribution in [3.63, 3.8) is 0 Å². The van der Waals surface area contributed by atoms with Crippen molar-refractivity contribution in [1.82, 2.24) is 49.0 Å². The molecule has 2 aromatic carbocycles. The second kappa shape index (κ2) is 18.3. The molecule has 0 bridgehead atoms. The van der Waals surface area contributed by atoms with Gasteiger partial charge < -0.3 is 0 Å². The molecule has 2 aliphatic carbocycles. The summed E-state index contributed by atoms with van der Waals surface area (Å²) in [5, 5.41) is 0.0448. The average molecular weight is 1020 g/mol. The molecule has 0 aliphatic heterocycles. The molecule has 0 spiro atoms. The topological polar surface area (TPSA) is 187 Å². The zero-order chi connectivity index (χ0) is 48.6. The smallest absolute Gasteiger partial charge is 0.273 e. The minimum atomic E-state index is -4.61. The number of rotatable bonds is 4. The summed E-state index contributed by atoms with van der Waals surface area (Å²) < 4.78 is 82.3. The fraction of sp³-hybridized carbons (Fsp3) is 0.0800. The summed E-state index contributed by atoms with van der Waals surface area (Å²) >= 11 is 0. The largest absolute Gasteiger partial charge is 0.416 e. The van der Waals surface area contributed by atoms with Crippen LogP contribution in [0.4, 0.5) is 26.3 Å². The number of H-pyrrole nitrogens is 2. The van der Waals surface area contributed by atoms with Gasteiger partial charge in [0.25, 0.3) is 11.1 Å². The van der Waals surface area contributed by atoms with E-state index in [0.717, 1.165) is 68.8 Å². The monoisotopic (exact) mass is 1020 g/mol. The fourth-order valence-electron chi connectivity index (χ4n) is 8.52. The highest BCUT2D eigenvalue weighted by Crippen LogP contribution is 2.34. The molecular formula is C50H30Cl2F6N10O4. The summed E-state index contributed by atoms with van der Waals surface area (Å²) in [5.74, 6) is 0. The Morgan fingerprint density at radius 3 is 1.32 bits per heavy atom. The lowest BCUT2D eigenvalue weighted by Gasteiger charge is -2.14. The first-order valence-electron chi connectivity index (χ1n) is 21.2. The van der Waals surface area contributed by atoms with Gasteiger partial charge in [-0.05, 0) is 83.9 Å². The van der Waals surface area contributed by atoms with Crippen molar-refractivity contribution in [1.29, 1.82) is 0 Å². The molecule has 2 N–H and O–H groups in total. The predicted octanol–water partition coefficient (Wildman–Crippen LogP) is 9.39. The predicted molar refractivity (Wildman–Crippen MR) is 263 cm³/mol. The Bertz CT molecular complexity index is 3920. The Labute approximate surface area is 411 Å². The van der Waals surface area contributed by atoms with E-state index in [2.05, 4.69) is 39.9 Å². The molecular weight excluding hydrogens is 990 g/mol. The summed E-state index contributed by atoms with van der Waals surface area (Å²) in [5.41, 5.74) is 2.45. The Kier molecular flexibility index (Phi) is 12.3. The van der Waals surface area contributed by atoms with Crippen LogP contribution in [0, 0.1) is 0 Å². The van der Waals surface area contributed by atoms with Crippen molar-refractivity contribution in [3.05, 3.63) is 197 Å².